The lowest BCUT2D eigenvalue weighted by Gasteiger charge is -2.10. The molecule has 0 aliphatic rings. The van der Waals surface area contributed by atoms with Gasteiger partial charge in [-0.25, -0.2) is 13.9 Å². The van der Waals surface area contributed by atoms with Crippen LogP contribution in [0.25, 0.3) is 11.3 Å². The van der Waals surface area contributed by atoms with Crippen molar-refractivity contribution in [2.45, 2.75) is 27.3 Å². The molecule has 3 rings (SSSR count). The topological polar surface area (TPSA) is 61.3 Å². The van der Waals surface area contributed by atoms with Gasteiger partial charge in [0.2, 0.25) is 5.65 Å². The van der Waals surface area contributed by atoms with E-state index in [-0.39, 0.29) is 23.4 Å². The molecule has 0 unspecified atom stereocenters. The van der Waals surface area contributed by atoms with Crippen LogP contribution in [0.5, 0.6) is 0 Å². The fourth-order valence-corrected chi connectivity index (χ4v) is 2.45. The van der Waals surface area contributed by atoms with Crippen LogP contribution in [-0.2, 0) is 6.54 Å². The highest BCUT2D eigenvalue weighted by Crippen LogP contribution is 2.15. The van der Waals surface area contributed by atoms with Crippen molar-refractivity contribution in [3.05, 3.63) is 62.6 Å². The summed E-state index contributed by atoms with van der Waals surface area (Å²) in [5, 5.41) is 4.12. The van der Waals surface area contributed by atoms with E-state index in [1.165, 1.54) is 13.6 Å². The average molecular weight is 308 g/mol. The number of rotatable bonds is 2. The minimum atomic E-state index is -0.368. The summed E-state index contributed by atoms with van der Waals surface area (Å²) in [7, 11) is 0. The second kappa shape index (κ2) is 5.61. The van der Waals surface area contributed by atoms with Gasteiger partial charge in [-0.1, -0.05) is 18.1 Å². The van der Waals surface area contributed by atoms with E-state index in [0.717, 1.165) is 16.8 Å². The largest absolute Gasteiger partial charge is 0.351 e. The molecule has 6 heteroatoms. The van der Waals surface area contributed by atoms with Gasteiger partial charge in [0.05, 0.1) is 5.69 Å². The van der Waals surface area contributed by atoms with Gasteiger partial charge < -0.3 is 0 Å². The van der Waals surface area contributed by atoms with E-state index < -0.39 is 0 Å². The predicted molar refractivity (Wildman–Crippen MR) is 88.0 cm³/mol. The Balaban J connectivity index is 2.27. The third kappa shape index (κ3) is 2.36. The molecular weight excluding hydrogens is 292 g/mol. The van der Waals surface area contributed by atoms with E-state index >= 15 is 0 Å². The fraction of sp³-hybridized carbons (Fsp3) is 0.235. The third-order valence-electron chi connectivity index (χ3n) is 3.89. The Hall–Kier alpha value is -3.07. The van der Waals surface area contributed by atoms with Crippen LogP contribution in [0.3, 0.4) is 0 Å². The zero-order valence-electron chi connectivity index (χ0n) is 13.2. The number of hydrogen-bond acceptors (Lipinski definition) is 3. The summed E-state index contributed by atoms with van der Waals surface area (Å²) in [6, 6.07) is 5.76. The quantitative estimate of drug-likeness (QED) is 0.670. The molecule has 23 heavy (non-hydrogen) atoms. The standard InChI is InChI=1S/C17H16N4O2/c1-4-5-9-21-17(23)20-11-10-19(16(22)15(20)18-21)14-8-6-7-12(2)13(14)3/h6-8,10-11H,9H2,1-3H3. The van der Waals surface area contributed by atoms with E-state index in [0.29, 0.717) is 0 Å². The molecule has 0 spiro atoms. The normalized spacial score (nSPS) is 10.6. The highest BCUT2D eigenvalue weighted by Gasteiger charge is 2.13. The minimum absolute atomic E-state index is 0.0938. The maximum atomic E-state index is 12.7. The van der Waals surface area contributed by atoms with Gasteiger partial charge in [-0.05, 0) is 38.0 Å². The van der Waals surface area contributed by atoms with Gasteiger partial charge in [0, 0.05) is 12.4 Å². The molecule has 116 valence electrons. The van der Waals surface area contributed by atoms with Gasteiger partial charge in [-0.3, -0.25) is 9.36 Å². The predicted octanol–water partition coefficient (Wildman–Crippen LogP) is 1.29. The van der Waals surface area contributed by atoms with Crippen molar-refractivity contribution >= 4 is 5.65 Å². The molecular formula is C17H16N4O2. The molecule has 0 amide bonds. The van der Waals surface area contributed by atoms with Gasteiger partial charge in [0.25, 0.3) is 0 Å². The Morgan fingerprint density at radius 3 is 2.70 bits per heavy atom. The molecule has 2 aromatic heterocycles. The summed E-state index contributed by atoms with van der Waals surface area (Å²) >= 11 is 0. The fourth-order valence-electron chi connectivity index (χ4n) is 2.45. The van der Waals surface area contributed by atoms with Crippen LogP contribution < -0.4 is 11.2 Å². The van der Waals surface area contributed by atoms with Crippen LogP contribution in [0.15, 0.2) is 40.2 Å². The van der Waals surface area contributed by atoms with E-state index in [9.17, 15) is 9.59 Å². The van der Waals surface area contributed by atoms with E-state index in [1.807, 2.05) is 32.0 Å². The molecule has 0 aliphatic carbocycles. The lowest BCUT2D eigenvalue weighted by atomic mass is 10.1. The maximum absolute atomic E-state index is 12.7. The lowest BCUT2D eigenvalue weighted by Crippen LogP contribution is -2.24. The molecule has 0 fully saturated rings. The number of nitrogens with zero attached hydrogens (tertiary/aromatic N) is 4. The molecule has 0 N–H and O–H groups in total. The molecule has 0 aliphatic heterocycles. The summed E-state index contributed by atoms with van der Waals surface area (Å²) in [5.41, 5.74) is 2.28. The Morgan fingerprint density at radius 2 is 1.96 bits per heavy atom. The van der Waals surface area contributed by atoms with Gasteiger partial charge in [-0.15, -0.1) is 11.0 Å². The van der Waals surface area contributed by atoms with Crippen molar-refractivity contribution in [3.8, 4) is 17.5 Å². The molecule has 3 aromatic rings. The lowest BCUT2D eigenvalue weighted by molar-refractivity contribution is 0.684. The summed E-state index contributed by atoms with van der Waals surface area (Å²) in [6.45, 7) is 5.81. The first-order valence-corrected chi connectivity index (χ1v) is 7.21. The van der Waals surface area contributed by atoms with Gasteiger partial charge in [0.15, 0.2) is 0 Å². The van der Waals surface area contributed by atoms with Crippen LogP contribution in [0, 0.1) is 25.7 Å². The molecule has 0 bridgehead atoms. The summed E-state index contributed by atoms with van der Waals surface area (Å²) in [6.07, 6.45) is 3.15. The molecule has 0 saturated carbocycles. The monoisotopic (exact) mass is 308 g/mol. The van der Waals surface area contributed by atoms with Crippen LogP contribution >= 0.6 is 0 Å². The summed E-state index contributed by atoms with van der Waals surface area (Å²) < 4.78 is 3.96. The Labute approximate surface area is 132 Å². The number of benzene rings is 1. The SMILES string of the molecule is CC#CCn1nc2c(=O)n(-c3cccc(C)c3C)ccn2c1=O. The van der Waals surface area contributed by atoms with Crippen molar-refractivity contribution < 1.29 is 0 Å². The molecule has 6 nitrogen and oxygen atoms in total. The van der Waals surface area contributed by atoms with Crippen LogP contribution in [0.1, 0.15) is 18.1 Å². The van der Waals surface area contributed by atoms with Crippen molar-refractivity contribution in [2.75, 3.05) is 0 Å². The molecule has 0 atom stereocenters. The molecule has 0 radical (unpaired) electrons. The van der Waals surface area contributed by atoms with Crippen LogP contribution in [0.2, 0.25) is 0 Å². The third-order valence-corrected chi connectivity index (χ3v) is 3.89. The van der Waals surface area contributed by atoms with Crippen molar-refractivity contribution in [1.82, 2.24) is 18.7 Å². The minimum Gasteiger partial charge on any atom is -0.279 e. The first kappa shape index (κ1) is 14.9. The summed E-state index contributed by atoms with van der Waals surface area (Å²) in [4.78, 5) is 24.9. The number of aromatic nitrogens is 4. The molecule has 2 heterocycles. The zero-order chi connectivity index (χ0) is 16.6. The maximum Gasteiger partial charge on any atom is 0.351 e. The van der Waals surface area contributed by atoms with Crippen molar-refractivity contribution in [2.24, 2.45) is 0 Å². The van der Waals surface area contributed by atoms with E-state index in [1.54, 1.807) is 19.3 Å². The number of aryl methyl sites for hydroxylation is 1. The Kier molecular flexibility index (Phi) is 3.62. The van der Waals surface area contributed by atoms with Crippen LogP contribution in [-0.4, -0.2) is 18.7 Å². The molecule has 1 aromatic carbocycles. The van der Waals surface area contributed by atoms with E-state index in [4.69, 9.17) is 0 Å². The highest BCUT2D eigenvalue weighted by atomic mass is 16.2. The first-order valence-electron chi connectivity index (χ1n) is 7.21. The second-order valence-corrected chi connectivity index (χ2v) is 5.25. The molecule has 0 saturated heterocycles. The Bertz CT molecular complexity index is 1070. The zero-order valence-corrected chi connectivity index (χ0v) is 13.2. The van der Waals surface area contributed by atoms with E-state index in [2.05, 4.69) is 16.9 Å². The number of fused-ring (bicyclic) bond motifs is 1. The Morgan fingerprint density at radius 1 is 1.17 bits per heavy atom. The van der Waals surface area contributed by atoms with Crippen molar-refractivity contribution in [1.29, 1.82) is 0 Å². The smallest absolute Gasteiger partial charge is 0.279 e. The van der Waals surface area contributed by atoms with Gasteiger partial charge >= 0.3 is 11.2 Å². The average Bonchev–Trinajstić information content (AvgIpc) is 2.86. The first-order chi connectivity index (χ1) is 11.0. The number of hydrogen-bond donors (Lipinski definition) is 0. The van der Waals surface area contributed by atoms with Gasteiger partial charge in [-0.2, -0.15) is 0 Å². The summed E-state index contributed by atoms with van der Waals surface area (Å²) in [5.74, 6) is 5.49. The highest BCUT2D eigenvalue weighted by molar-refractivity contribution is 5.47. The van der Waals surface area contributed by atoms with Crippen molar-refractivity contribution in [3.63, 3.8) is 0 Å². The van der Waals surface area contributed by atoms with Crippen LogP contribution in [0.4, 0.5) is 0 Å². The van der Waals surface area contributed by atoms with Gasteiger partial charge in [0.1, 0.15) is 6.54 Å². The second-order valence-electron chi connectivity index (χ2n) is 5.25.